The third kappa shape index (κ3) is 5.48. The molecule has 1 fully saturated rings. The van der Waals surface area contributed by atoms with Gasteiger partial charge in [-0.25, -0.2) is 0 Å². The van der Waals surface area contributed by atoms with Crippen LogP contribution in [0.5, 0.6) is 11.5 Å². The van der Waals surface area contributed by atoms with E-state index in [1.54, 1.807) is 0 Å². The highest BCUT2D eigenvalue weighted by atomic mass is 16.6. The van der Waals surface area contributed by atoms with Gasteiger partial charge in [0.1, 0.15) is 13.2 Å². The highest BCUT2D eigenvalue weighted by molar-refractivity contribution is 5.95. The Morgan fingerprint density at radius 3 is 2.52 bits per heavy atom. The summed E-state index contributed by atoms with van der Waals surface area (Å²) in [5.41, 5.74) is 4.24. The molecule has 1 N–H and O–H groups in total. The SMILES string of the molecule is O=C(NC(Cc1ccc2c(c1)OCCO2)CN1CCCC1)c1ccc(C2=CCCC=C2)cc1. The lowest BCUT2D eigenvalue weighted by atomic mass is 9.98. The van der Waals surface area contributed by atoms with E-state index in [2.05, 4.69) is 40.6 Å². The molecule has 2 aromatic carbocycles. The minimum atomic E-state index is -0.0172. The largest absolute Gasteiger partial charge is 0.486 e. The molecule has 172 valence electrons. The van der Waals surface area contributed by atoms with Crippen LogP contribution in [-0.4, -0.2) is 49.7 Å². The zero-order chi connectivity index (χ0) is 22.5. The maximum absolute atomic E-state index is 13.1. The quantitative estimate of drug-likeness (QED) is 0.677. The first kappa shape index (κ1) is 21.8. The average Bonchev–Trinajstić information content (AvgIpc) is 3.37. The van der Waals surface area contributed by atoms with Crippen molar-refractivity contribution in [2.75, 3.05) is 32.8 Å². The van der Waals surface area contributed by atoms with Crippen molar-refractivity contribution in [3.8, 4) is 11.5 Å². The molecule has 2 aromatic rings. The summed E-state index contributed by atoms with van der Waals surface area (Å²) in [6, 6.07) is 14.1. The molecule has 5 rings (SSSR count). The third-order valence-corrected chi connectivity index (χ3v) is 6.58. The van der Waals surface area contributed by atoms with Crippen LogP contribution in [0.25, 0.3) is 5.57 Å². The number of hydrogen-bond donors (Lipinski definition) is 1. The molecule has 5 nitrogen and oxygen atoms in total. The molecular formula is C28H32N2O3. The first-order valence-electron chi connectivity index (χ1n) is 12.1. The Morgan fingerprint density at radius 1 is 0.970 bits per heavy atom. The van der Waals surface area contributed by atoms with Crippen LogP contribution in [0.4, 0.5) is 0 Å². The zero-order valence-electron chi connectivity index (χ0n) is 19.1. The molecule has 0 saturated carbocycles. The predicted octanol–water partition coefficient (Wildman–Crippen LogP) is 4.63. The maximum atomic E-state index is 13.1. The molecule has 1 atom stereocenters. The summed E-state index contributed by atoms with van der Waals surface area (Å²) in [5, 5.41) is 3.31. The van der Waals surface area contributed by atoms with Crippen LogP contribution in [0.1, 0.15) is 47.2 Å². The van der Waals surface area contributed by atoms with Gasteiger partial charge in [0.15, 0.2) is 11.5 Å². The van der Waals surface area contributed by atoms with Crippen LogP contribution < -0.4 is 14.8 Å². The maximum Gasteiger partial charge on any atom is 0.251 e. The van der Waals surface area contributed by atoms with Gasteiger partial charge >= 0.3 is 0 Å². The van der Waals surface area contributed by atoms with E-state index in [0.717, 1.165) is 61.5 Å². The Balaban J connectivity index is 1.28. The highest BCUT2D eigenvalue weighted by Gasteiger charge is 2.21. The fourth-order valence-electron chi connectivity index (χ4n) is 4.85. The van der Waals surface area contributed by atoms with Gasteiger partial charge in [0.25, 0.3) is 5.91 Å². The molecule has 0 aromatic heterocycles. The number of carbonyl (C=O) groups excluding carboxylic acids is 1. The van der Waals surface area contributed by atoms with Crippen molar-refractivity contribution in [1.29, 1.82) is 0 Å². The van der Waals surface area contributed by atoms with E-state index in [9.17, 15) is 4.79 Å². The lowest BCUT2D eigenvalue weighted by Gasteiger charge is -2.25. The van der Waals surface area contributed by atoms with Crippen LogP contribution in [0.2, 0.25) is 0 Å². The number of benzene rings is 2. The fraction of sp³-hybridized carbons (Fsp3) is 0.393. The number of allylic oxidation sites excluding steroid dienone is 4. The van der Waals surface area contributed by atoms with E-state index in [4.69, 9.17) is 9.47 Å². The van der Waals surface area contributed by atoms with E-state index in [1.165, 1.54) is 18.4 Å². The van der Waals surface area contributed by atoms with Crippen molar-refractivity contribution < 1.29 is 14.3 Å². The lowest BCUT2D eigenvalue weighted by Crippen LogP contribution is -2.44. The molecule has 1 aliphatic carbocycles. The molecule has 0 bridgehead atoms. The van der Waals surface area contributed by atoms with E-state index in [-0.39, 0.29) is 11.9 Å². The lowest BCUT2D eigenvalue weighted by molar-refractivity contribution is 0.0927. The molecule has 1 amide bonds. The van der Waals surface area contributed by atoms with E-state index in [1.807, 2.05) is 30.3 Å². The third-order valence-electron chi connectivity index (χ3n) is 6.58. The van der Waals surface area contributed by atoms with Crippen molar-refractivity contribution in [3.63, 3.8) is 0 Å². The van der Waals surface area contributed by atoms with Crippen LogP contribution in [0.3, 0.4) is 0 Å². The minimum Gasteiger partial charge on any atom is -0.486 e. The summed E-state index contributed by atoms with van der Waals surface area (Å²) in [6.07, 6.45) is 12.0. The number of likely N-dealkylation sites (tertiary alicyclic amines) is 1. The van der Waals surface area contributed by atoms with Gasteiger partial charge in [-0.05, 0) is 86.2 Å². The van der Waals surface area contributed by atoms with Crippen LogP contribution in [0, 0.1) is 0 Å². The molecule has 2 heterocycles. The van der Waals surface area contributed by atoms with Gasteiger partial charge in [-0.3, -0.25) is 4.79 Å². The van der Waals surface area contributed by atoms with E-state index in [0.29, 0.717) is 18.8 Å². The molecule has 33 heavy (non-hydrogen) atoms. The molecule has 0 spiro atoms. The van der Waals surface area contributed by atoms with Crippen molar-refractivity contribution >= 4 is 11.5 Å². The van der Waals surface area contributed by atoms with Crippen molar-refractivity contribution in [2.24, 2.45) is 0 Å². The molecule has 1 saturated heterocycles. The summed E-state index contributed by atoms with van der Waals surface area (Å²) in [6.45, 7) is 4.23. The number of nitrogens with zero attached hydrogens (tertiary/aromatic N) is 1. The van der Waals surface area contributed by atoms with Crippen LogP contribution >= 0.6 is 0 Å². The summed E-state index contributed by atoms with van der Waals surface area (Å²) in [7, 11) is 0. The number of ether oxygens (including phenoxy) is 2. The minimum absolute atomic E-state index is 0.0172. The van der Waals surface area contributed by atoms with Gasteiger partial charge in [-0.1, -0.05) is 36.4 Å². The first-order valence-corrected chi connectivity index (χ1v) is 12.1. The number of fused-ring (bicyclic) bond motifs is 1. The molecule has 2 aliphatic heterocycles. The molecule has 0 radical (unpaired) electrons. The van der Waals surface area contributed by atoms with Gasteiger partial charge < -0.3 is 19.7 Å². The number of nitrogens with one attached hydrogen (secondary N) is 1. The Morgan fingerprint density at radius 2 is 1.76 bits per heavy atom. The van der Waals surface area contributed by atoms with E-state index >= 15 is 0 Å². The summed E-state index contributed by atoms with van der Waals surface area (Å²) in [4.78, 5) is 15.6. The standard InChI is InChI=1S/C28H32N2O3/c31-28(24-11-9-23(10-12-24)22-6-2-1-3-7-22)29-25(20-30-14-4-5-15-30)18-21-8-13-26-27(19-21)33-17-16-32-26/h2,6-13,19,25H,1,3-5,14-18,20H2,(H,29,31). The summed E-state index contributed by atoms with van der Waals surface area (Å²) >= 11 is 0. The van der Waals surface area contributed by atoms with Gasteiger partial charge in [-0.2, -0.15) is 0 Å². The Labute approximate surface area is 196 Å². The number of hydrogen-bond acceptors (Lipinski definition) is 4. The second kappa shape index (κ2) is 10.3. The van der Waals surface area contributed by atoms with Crippen molar-refractivity contribution in [1.82, 2.24) is 10.2 Å². The van der Waals surface area contributed by atoms with Gasteiger partial charge in [0.05, 0.1) is 0 Å². The number of carbonyl (C=O) groups is 1. The average molecular weight is 445 g/mol. The van der Waals surface area contributed by atoms with Crippen molar-refractivity contribution in [3.05, 3.63) is 77.4 Å². The van der Waals surface area contributed by atoms with Gasteiger partial charge in [-0.15, -0.1) is 0 Å². The number of amides is 1. The molecular weight excluding hydrogens is 412 g/mol. The molecule has 5 heteroatoms. The van der Waals surface area contributed by atoms with Crippen molar-refractivity contribution in [2.45, 2.75) is 38.1 Å². The topological polar surface area (TPSA) is 50.8 Å². The highest BCUT2D eigenvalue weighted by Crippen LogP contribution is 2.31. The Kier molecular flexibility index (Phi) is 6.77. The first-order chi connectivity index (χ1) is 16.2. The van der Waals surface area contributed by atoms with Gasteiger partial charge in [0, 0.05) is 18.2 Å². The molecule has 1 unspecified atom stereocenters. The fourth-order valence-corrected chi connectivity index (χ4v) is 4.85. The van der Waals surface area contributed by atoms with Gasteiger partial charge in [0.2, 0.25) is 0 Å². The molecule has 3 aliphatic rings. The predicted molar refractivity (Wildman–Crippen MR) is 131 cm³/mol. The zero-order valence-corrected chi connectivity index (χ0v) is 19.1. The van der Waals surface area contributed by atoms with Crippen LogP contribution in [-0.2, 0) is 6.42 Å². The smallest absolute Gasteiger partial charge is 0.251 e. The second-order valence-electron chi connectivity index (χ2n) is 9.08. The monoisotopic (exact) mass is 444 g/mol. The van der Waals surface area contributed by atoms with E-state index < -0.39 is 0 Å². The Hall–Kier alpha value is -3.05. The van der Waals surface area contributed by atoms with Crippen LogP contribution in [0.15, 0.2) is 60.7 Å². The number of rotatable bonds is 7. The second-order valence-corrected chi connectivity index (χ2v) is 9.08. The Bertz CT molecular complexity index is 1040. The normalized spacial score (nSPS) is 18.6. The summed E-state index contributed by atoms with van der Waals surface area (Å²) in [5.74, 6) is 1.58. The summed E-state index contributed by atoms with van der Waals surface area (Å²) < 4.78 is 11.4.